The Morgan fingerprint density at radius 1 is 1.50 bits per heavy atom. The summed E-state index contributed by atoms with van der Waals surface area (Å²) in [5.74, 6) is -0.689. The lowest BCUT2D eigenvalue weighted by Crippen LogP contribution is -2.39. The molecule has 0 bridgehead atoms. The van der Waals surface area contributed by atoms with E-state index in [0.717, 1.165) is 12.8 Å². The van der Waals surface area contributed by atoms with Gasteiger partial charge in [-0.2, -0.15) is 4.31 Å². The van der Waals surface area contributed by atoms with Crippen LogP contribution in [-0.4, -0.2) is 41.5 Å². The van der Waals surface area contributed by atoms with E-state index in [0.29, 0.717) is 24.4 Å². The molecule has 1 aliphatic rings. The second-order valence-electron chi connectivity index (χ2n) is 5.32. The number of sulfonamides is 1. The van der Waals surface area contributed by atoms with Gasteiger partial charge in [-0.1, -0.05) is 0 Å². The molecule has 6 nitrogen and oxygen atoms in total. The molecule has 7 heteroatoms. The molecule has 0 amide bonds. The molecule has 2 heterocycles. The van der Waals surface area contributed by atoms with E-state index in [1.165, 1.54) is 4.31 Å². The summed E-state index contributed by atoms with van der Waals surface area (Å²) in [4.78, 5) is 10.9. The van der Waals surface area contributed by atoms with Gasteiger partial charge in [0, 0.05) is 39.0 Å². The monoisotopic (exact) mass is 300 g/mol. The fourth-order valence-corrected chi connectivity index (χ4v) is 4.19. The zero-order valence-electron chi connectivity index (χ0n) is 11.5. The van der Waals surface area contributed by atoms with Crippen LogP contribution in [-0.2, 0) is 21.9 Å². The summed E-state index contributed by atoms with van der Waals surface area (Å²) in [6, 6.07) is 1.59. The first-order valence-corrected chi connectivity index (χ1v) is 8.17. The topological polar surface area (TPSA) is 79.6 Å². The molecule has 0 aromatic carbocycles. The quantitative estimate of drug-likeness (QED) is 0.888. The van der Waals surface area contributed by atoms with Crippen molar-refractivity contribution in [2.75, 3.05) is 13.1 Å². The number of piperidine rings is 1. The second-order valence-corrected chi connectivity index (χ2v) is 7.25. The molecule has 1 aromatic heterocycles. The third-order valence-electron chi connectivity index (χ3n) is 3.69. The number of carboxylic acids is 1. The van der Waals surface area contributed by atoms with Crippen LogP contribution in [0.3, 0.4) is 0 Å². The number of carbonyl (C=O) groups is 1. The molecule has 1 unspecified atom stereocenters. The van der Waals surface area contributed by atoms with Gasteiger partial charge in [0.05, 0.1) is 4.90 Å². The van der Waals surface area contributed by atoms with Crippen molar-refractivity contribution in [3.63, 3.8) is 0 Å². The average molecular weight is 300 g/mol. The van der Waals surface area contributed by atoms with Crippen molar-refractivity contribution >= 4 is 16.0 Å². The maximum absolute atomic E-state index is 12.5. The van der Waals surface area contributed by atoms with Gasteiger partial charge in [-0.15, -0.1) is 0 Å². The van der Waals surface area contributed by atoms with Crippen LogP contribution >= 0.6 is 0 Å². The van der Waals surface area contributed by atoms with Crippen molar-refractivity contribution in [3.05, 3.63) is 18.5 Å². The minimum Gasteiger partial charge on any atom is -0.481 e. The molecular weight excluding hydrogens is 280 g/mol. The number of nitrogens with zero attached hydrogens (tertiary/aromatic N) is 2. The van der Waals surface area contributed by atoms with Gasteiger partial charge in [-0.3, -0.25) is 4.79 Å². The number of hydrogen-bond donors (Lipinski definition) is 1. The van der Waals surface area contributed by atoms with Gasteiger partial charge in [0.2, 0.25) is 10.0 Å². The van der Waals surface area contributed by atoms with Gasteiger partial charge in [0.25, 0.3) is 0 Å². The minimum atomic E-state index is -3.45. The first kappa shape index (κ1) is 15.1. The third kappa shape index (κ3) is 3.40. The summed E-state index contributed by atoms with van der Waals surface area (Å²) in [6.07, 6.45) is 5.62. The van der Waals surface area contributed by atoms with Crippen LogP contribution in [0.4, 0.5) is 0 Å². The molecule has 0 aliphatic carbocycles. The van der Waals surface area contributed by atoms with Crippen LogP contribution in [0.1, 0.15) is 25.7 Å². The molecule has 0 spiro atoms. The van der Waals surface area contributed by atoms with Crippen molar-refractivity contribution < 1.29 is 18.3 Å². The van der Waals surface area contributed by atoms with E-state index >= 15 is 0 Å². The lowest BCUT2D eigenvalue weighted by atomic mass is 9.95. The van der Waals surface area contributed by atoms with Gasteiger partial charge >= 0.3 is 5.97 Å². The van der Waals surface area contributed by atoms with Crippen LogP contribution < -0.4 is 0 Å². The number of rotatable bonds is 5. The highest BCUT2D eigenvalue weighted by molar-refractivity contribution is 7.89. The Morgan fingerprint density at radius 2 is 2.25 bits per heavy atom. The van der Waals surface area contributed by atoms with Crippen molar-refractivity contribution in [2.45, 2.75) is 30.6 Å². The van der Waals surface area contributed by atoms with Crippen LogP contribution in [0.25, 0.3) is 0 Å². The van der Waals surface area contributed by atoms with Gasteiger partial charge in [-0.25, -0.2) is 8.42 Å². The van der Waals surface area contributed by atoms with Crippen LogP contribution in [0.2, 0.25) is 0 Å². The lowest BCUT2D eigenvalue weighted by molar-refractivity contribution is -0.137. The molecule has 2 rings (SSSR count). The van der Waals surface area contributed by atoms with E-state index in [1.54, 1.807) is 30.1 Å². The zero-order valence-corrected chi connectivity index (χ0v) is 12.3. The standard InChI is InChI=1S/C13H20N2O4S/c1-14-8-6-12(10-14)20(18,19)15-7-2-3-11(9-15)4-5-13(16)17/h6,8,10-11H,2-5,7,9H2,1H3,(H,16,17). The Labute approximate surface area is 119 Å². The third-order valence-corrected chi connectivity index (χ3v) is 5.54. The van der Waals surface area contributed by atoms with Crippen LogP contribution in [0, 0.1) is 5.92 Å². The number of aromatic nitrogens is 1. The first-order valence-electron chi connectivity index (χ1n) is 6.73. The molecule has 0 saturated carbocycles. The van der Waals surface area contributed by atoms with E-state index < -0.39 is 16.0 Å². The maximum Gasteiger partial charge on any atom is 0.303 e. The SMILES string of the molecule is Cn1ccc(S(=O)(=O)N2CCCC(CCC(=O)O)C2)c1. The molecule has 1 N–H and O–H groups in total. The summed E-state index contributed by atoms with van der Waals surface area (Å²) in [6.45, 7) is 0.936. The Hall–Kier alpha value is -1.34. The summed E-state index contributed by atoms with van der Waals surface area (Å²) >= 11 is 0. The average Bonchev–Trinajstić information content (AvgIpc) is 2.84. The number of hydrogen-bond acceptors (Lipinski definition) is 3. The molecular formula is C13H20N2O4S. The second kappa shape index (κ2) is 5.97. The largest absolute Gasteiger partial charge is 0.481 e. The highest BCUT2D eigenvalue weighted by Crippen LogP contribution is 2.26. The van der Waals surface area contributed by atoms with Gasteiger partial charge in [0.15, 0.2) is 0 Å². The van der Waals surface area contributed by atoms with Gasteiger partial charge in [-0.05, 0) is 31.2 Å². The zero-order chi connectivity index (χ0) is 14.8. The predicted octanol–water partition coefficient (Wildman–Crippen LogP) is 1.29. The fourth-order valence-electron chi connectivity index (χ4n) is 2.59. The maximum atomic E-state index is 12.5. The Morgan fingerprint density at radius 3 is 2.85 bits per heavy atom. The van der Waals surface area contributed by atoms with E-state index in [-0.39, 0.29) is 12.3 Å². The molecule has 1 aliphatic heterocycles. The molecule has 112 valence electrons. The van der Waals surface area contributed by atoms with Gasteiger partial charge < -0.3 is 9.67 Å². The van der Waals surface area contributed by atoms with Crippen LogP contribution in [0.15, 0.2) is 23.4 Å². The van der Waals surface area contributed by atoms with E-state index in [9.17, 15) is 13.2 Å². The van der Waals surface area contributed by atoms with Crippen molar-refractivity contribution in [1.82, 2.24) is 8.87 Å². The number of carboxylic acid groups (broad SMARTS) is 1. The highest BCUT2D eigenvalue weighted by atomic mass is 32.2. The molecule has 1 aromatic rings. The number of aliphatic carboxylic acids is 1. The van der Waals surface area contributed by atoms with Crippen LogP contribution in [0.5, 0.6) is 0 Å². The van der Waals surface area contributed by atoms with Crippen molar-refractivity contribution in [1.29, 1.82) is 0 Å². The normalized spacial score (nSPS) is 20.9. The van der Waals surface area contributed by atoms with Gasteiger partial charge in [0.1, 0.15) is 0 Å². The molecule has 1 fully saturated rings. The lowest BCUT2D eigenvalue weighted by Gasteiger charge is -2.31. The fraction of sp³-hybridized carbons (Fsp3) is 0.615. The van der Waals surface area contributed by atoms with Crippen molar-refractivity contribution in [2.24, 2.45) is 13.0 Å². The highest BCUT2D eigenvalue weighted by Gasteiger charge is 2.30. The molecule has 1 saturated heterocycles. The van der Waals surface area contributed by atoms with E-state index in [4.69, 9.17) is 5.11 Å². The molecule has 20 heavy (non-hydrogen) atoms. The minimum absolute atomic E-state index is 0.101. The summed E-state index contributed by atoms with van der Waals surface area (Å²) in [5, 5.41) is 8.72. The summed E-state index contributed by atoms with van der Waals surface area (Å²) < 4.78 is 28.2. The van der Waals surface area contributed by atoms with E-state index in [1.807, 2.05) is 0 Å². The van der Waals surface area contributed by atoms with Crippen molar-refractivity contribution in [3.8, 4) is 0 Å². The molecule has 0 radical (unpaired) electrons. The Balaban J connectivity index is 2.06. The summed E-state index contributed by atoms with van der Waals surface area (Å²) in [5.41, 5.74) is 0. The predicted molar refractivity (Wildman–Crippen MR) is 73.8 cm³/mol. The molecule has 1 atom stereocenters. The smallest absolute Gasteiger partial charge is 0.303 e. The Kier molecular flexibility index (Phi) is 4.49. The van der Waals surface area contributed by atoms with E-state index in [2.05, 4.69) is 0 Å². The summed E-state index contributed by atoms with van der Waals surface area (Å²) in [7, 11) is -1.66. The first-order chi connectivity index (χ1) is 9.39. The Bertz CT molecular complexity index is 579. The number of aryl methyl sites for hydroxylation is 1.